The molecule has 0 aliphatic rings. The lowest BCUT2D eigenvalue weighted by molar-refractivity contribution is -0.139. The zero-order valence-corrected chi connectivity index (χ0v) is 21.7. The molecule has 2 amide bonds. The van der Waals surface area contributed by atoms with E-state index in [1.54, 1.807) is 51.1 Å². The molecule has 0 bridgehead atoms. The molecule has 2 aromatic carbocycles. The summed E-state index contributed by atoms with van der Waals surface area (Å²) in [6.45, 7) is 7.00. The second-order valence-corrected chi connectivity index (χ2v) is 10.6. The van der Waals surface area contributed by atoms with E-state index in [4.69, 9.17) is 23.2 Å². The number of halogens is 2. The van der Waals surface area contributed by atoms with Gasteiger partial charge in [0.1, 0.15) is 12.6 Å². The average Bonchev–Trinajstić information content (AvgIpc) is 2.70. The van der Waals surface area contributed by atoms with Gasteiger partial charge < -0.3 is 10.2 Å². The molecule has 7 nitrogen and oxygen atoms in total. The summed E-state index contributed by atoms with van der Waals surface area (Å²) in [5.41, 5.74) is 2.69. The highest BCUT2D eigenvalue weighted by molar-refractivity contribution is 7.92. The summed E-state index contributed by atoms with van der Waals surface area (Å²) in [6, 6.07) is 9.32. The van der Waals surface area contributed by atoms with Crippen LogP contribution in [0.1, 0.15) is 30.5 Å². The number of likely N-dealkylation sites (N-methyl/N-ethyl adjacent to an activating group) is 1. The molecule has 0 radical (unpaired) electrons. The Kier molecular flexibility index (Phi) is 9.17. The van der Waals surface area contributed by atoms with Crippen LogP contribution in [0, 0.1) is 13.8 Å². The van der Waals surface area contributed by atoms with Crippen LogP contribution in [0.15, 0.2) is 36.4 Å². The maximum Gasteiger partial charge on any atom is 0.244 e. The molecule has 0 saturated heterocycles. The third-order valence-electron chi connectivity index (χ3n) is 5.17. The number of nitrogens with zero attached hydrogens (tertiary/aromatic N) is 2. The van der Waals surface area contributed by atoms with Gasteiger partial charge in [0, 0.05) is 23.1 Å². The minimum atomic E-state index is -3.78. The molecule has 2 aromatic rings. The molecule has 33 heavy (non-hydrogen) atoms. The first-order valence-corrected chi connectivity index (χ1v) is 13.0. The number of rotatable bonds is 9. The van der Waals surface area contributed by atoms with Gasteiger partial charge in [-0.05, 0) is 57.0 Å². The Morgan fingerprint density at radius 2 is 1.76 bits per heavy atom. The van der Waals surface area contributed by atoms with Gasteiger partial charge in [-0.2, -0.15) is 0 Å². The van der Waals surface area contributed by atoms with E-state index < -0.39 is 28.5 Å². The van der Waals surface area contributed by atoms with Crippen molar-refractivity contribution in [1.29, 1.82) is 0 Å². The number of carbonyl (C=O) groups excluding carboxylic acids is 2. The van der Waals surface area contributed by atoms with Crippen molar-refractivity contribution < 1.29 is 18.0 Å². The van der Waals surface area contributed by atoms with Crippen molar-refractivity contribution in [3.05, 3.63) is 63.1 Å². The lowest BCUT2D eigenvalue weighted by Crippen LogP contribution is -2.51. The molecule has 2 rings (SSSR count). The summed E-state index contributed by atoms with van der Waals surface area (Å²) in [7, 11) is -3.78. The Morgan fingerprint density at radius 1 is 1.09 bits per heavy atom. The van der Waals surface area contributed by atoms with Crippen LogP contribution in [0.2, 0.25) is 10.0 Å². The summed E-state index contributed by atoms with van der Waals surface area (Å²) in [4.78, 5) is 27.3. The van der Waals surface area contributed by atoms with Crippen molar-refractivity contribution in [2.45, 2.75) is 40.3 Å². The smallest absolute Gasteiger partial charge is 0.244 e. The SMILES string of the molecule is CCNC(=O)[C@H](C)N(Cc1ccc(Cl)cc1Cl)C(=O)CN(c1ccc(C)cc1C)S(C)(=O)=O. The maximum absolute atomic E-state index is 13.5. The highest BCUT2D eigenvalue weighted by atomic mass is 35.5. The minimum Gasteiger partial charge on any atom is -0.355 e. The van der Waals surface area contributed by atoms with Gasteiger partial charge in [-0.15, -0.1) is 0 Å². The second kappa shape index (κ2) is 11.2. The van der Waals surface area contributed by atoms with Crippen LogP contribution in [0.25, 0.3) is 0 Å². The van der Waals surface area contributed by atoms with E-state index in [1.165, 1.54) is 4.90 Å². The predicted octanol–water partition coefficient (Wildman–Crippen LogP) is 3.93. The van der Waals surface area contributed by atoms with E-state index in [0.29, 0.717) is 27.8 Å². The minimum absolute atomic E-state index is 0.0115. The predicted molar refractivity (Wildman–Crippen MR) is 133 cm³/mol. The molecule has 1 N–H and O–H groups in total. The quantitative estimate of drug-likeness (QED) is 0.550. The van der Waals surface area contributed by atoms with Crippen molar-refractivity contribution in [1.82, 2.24) is 10.2 Å². The molecular formula is C23H29Cl2N3O4S. The van der Waals surface area contributed by atoms with Gasteiger partial charge in [0.25, 0.3) is 0 Å². The largest absolute Gasteiger partial charge is 0.355 e. The number of anilines is 1. The Bertz CT molecular complexity index is 1140. The van der Waals surface area contributed by atoms with E-state index in [9.17, 15) is 18.0 Å². The number of benzene rings is 2. The zero-order chi connectivity index (χ0) is 24.9. The third kappa shape index (κ3) is 7.09. The number of aryl methyl sites for hydroxylation is 2. The fourth-order valence-electron chi connectivity index (χ4n) is 3.42. The fourth-order valence-corrected chi connectivity index (χ4v) is 4.79. The van der Waals surface area contributed by atoms with E-state index >= 15 is 0 Å². The maximum atomic E-state index is 13.5. The van der Waals surface area contributed by atoms with E-state index in [1.807, 2.05) is 13.0 Å². The molecule has 0 spiro atoms. The van der Waals surface area contributed by atoms with E-state index in [-0.39, 0.29) is 12.5 Å². The van der Waals surface area contributed by atoms with Gasteiger partial charge in [-0.3, -0.25) is 13.9 Å². The van der Waals surface area contributed by atoms with Crippen molar-refractivity contribution in [2.75, 3.05) is 23.7 Å². The number of carbonyl (C=O) groups is 2. The Hall–Kier alpha value is -2.29. The zero-order valence-electron chi connectivity index (χ0n) is 19.4. The molecule has 0 aromatic heterocycles. The van der Waals surface area contributed by atoms with Crippen LogP contribution < -0.4 is 9.62 Å². The van der Waals surface area contributed by atoms with Gasteiger partial charge in [0.2, 0.25) is 21.8 Å². The first kappa shape index (κ1) is 27.0. The molecule has 0 fully saturated rings. The van der Waals surface area contributed by atoms with Gasteiger partial charge in [-0.1, -0.05) is 47.0 Å². The third-order valence-corrected chi connectivity index (χ3v) is 6.89. The number of amides is 2. The highest BCUT2D eigenvalue weighted by Crippen LogP contribution is 2.26. The summed E-state index contributed by atoms with van der Waals surface area (Å²) in [5, 5.41) is 3.49. The summed E-state index contributed by atoms with van der Waals surface area (Å²) >= 11 is 12.3. The van der Waals surface area contributed by atoms with E-state index in [0.717, 1.165) is 21.7 Å². The molecule has 180 valence electrons. The van der Waals surface area contributed by atoms with Gasteiger partial charge >= 0.3 is 0 Å². The summed E-state index contributed by atoms with van der Waals surface area (Å²) < 4.78 is 26.3. The standard InChI is InChI=1S/C23H29Cl2N3O4S/c1-6-26-23(30)17(4)27(13-18-8-9-19(24)12-20(18)25)22(29)14-28(33(5,31)32)21-10-7-15(2)11-16(21)3/h7-12,17H,6,13-14H2,1-5H3,(H,26,30)/t17-/m0/s1. The van der Waals surface area contributed by atoms with Gasteiger partial charge in [-0.25, -0.2) is 8.42 Å². The molecule has 0 heterocycles. The van der Waals surface area contributed by atoms with Crippen molar-refractivity contribution >= 4 is 50.7 Å². The Morgan fingerprint density at radius 3 is 2.30 bits per heavy atom. The normalized spacial score (nSPS) is 12.2. The van der Waals surface area contributed by atoms with Crippen LogP contribution in [0.4, 0.5) is 5.69 Å². The average molecular weight is 514 g/mol. The first-order valence-electron chi connectivity index (χ1n) is 10.4. The number of hydrogen-bond acceptors (Lipinski definition) is 4. The first-order chi connectivity index (χ1) is 15.3. The highest BCUT2D eigenvalue weighted by Gasteiger charge is 2.30. The van der Waals surface area contributed by atoms with Crippen LogP contribution >= 0.6 is 23.2 Å². The van der Waals surface area contributed by atoms with Crippen molar-refractivity contribution in [3.63, 3.8) is 0 Å². The monoisotopic (exact) mass is 513 g/mol. The van der Waals surface area contributed by atoms with Crippen LogP contribution in [-0.4, -0.2) is 50.5 Å². The Labute approximate surface area is 205 Å². The topological polar surface area (TPSA) is 86.8 Å². The molecule has 0 unspecified atom stereocenters. The molecule has 0 saturated carbocycles. The summed E-state index contributed by atoms with van der Waals surface area (Å²) in [5.74, 6) is -0.890. The molecular weight excluding hydrogens is 485 g/mol. The van der Waals surface area contributed by atoms with Crippen LogP contribution in [0.3, 0.4) is 0 Å². The lowest BCUT2D eigenvalue weighted by Gasteiger charge is -2.32. The molecule has 0 aliphatic heterocycles. The van der Waals surface area contributed by atoms with Gasteiger partial charge in [0.05, 0.1) is 11.9 Å². The lowest BCUT2D eigenvalue weighted by atomic mass is 10.1. The molecule has 1 atom stereocenters. The fraction of sp³-hybridized carbons (Fsp3) is 0.391. The van der Waals surface area contributed by atoms with Crippen molar-refractivity contribution in [3.8, 4) is 0 Å². The number of hydrogen-bond donors (Lipinski definition) is 1. The molecule has 10 heteroatoms. The number of nitrogens with one attached hydrogen (secondary N) is 1. The second-order valence-electron chi connectivity index (χ2n) is 7.89. The van der Waals surface area contributed by atoms with Gasteiger partial charge in [0.15, 0.2) is 0 Å². The van der Waals surface area contributed by atoms with Crippen molar-refractivity contribution in [2.24, 2.45) is 0 Å². The van der Waals surface area contributed by atoms with E-state index in [2.05, 4.69) is 5.32 Å². The Balaban J connectivity index is 2.45. The number of sulfonamides is 1. The van der Waals surface area contributed by atoms with Crippen LogP contribution in [-0.2, 0) is 26.2 Å². The molecule has 0 aliphatic carbocycles. The van der Waals surface area contributed by atoms with Crippen LogP contribution in [0.5, 0.6) is 0 Å². The summed E-state index contributed by atoms with van der Waals surface area (Å²) in [6.07, 6.45) is 1.05.